The summed E-state index contributed by atoms with van der Waals surface area (Å²) in [4.78, 5) is 0. The molecule has 0 aliphatic heterocycles. The van der Waals surface area contributed by atoms with E-state index in [0.29, 0.717) is 0 Å². The smallest absolute Gasteiger partial charge is 0.204 e. The van der Waals surface area contributed by atoms with Crippen molar-refractivity contribution in [2.75, 3.05) is 0 Å². The van der Waals surface area contributed by atoms with E-state index in [1.54, 1.807) is 0 Å². The highest BCUT2D eigenvalue weighted by molar-refractivity contribution is 4.68. The molecule has 0 heterocycles. The van der Waals surface area contributed by atoms with Crippen LogP contribution in [0.4, 0.5) is 17.6 Å². The molecule has 0 saturated carbocycles. The second kappa shape index (κ2) is 3.03. The van der Waals surface area contributed by atoms with Crippen molar-refractivity contribution in [1.82, 2.24) is 0 Å². The van der Waals surface area contributed by atoms with E-state index in [1.807, 2.05) is 0 Å². The largest absolute Gasteiger partial charge is 0.307 e. The van der Waals surface area contributed by atoms with Crippen LogP contribution in [-0.4, -0.2) is 12.3 Å². The maximum atomic E-state index is 11.8. The Labute approximate surface area is 50.9 Å². The lowest BCUT2D eigenvalue weighted by molar-refractivity contribution is -0.132. The summed E-state index contributed by atoms with van der Waals surface area (Å²) in [6.07, 6.45) is -4.57. The third-order valence-corrected chi connectivity index (χ3v) is 0.829. The van der Waals surface area contributed by atoms with Gasteiger partial charge in [-0.2, -0.15) is 0 Å². The fraction of sp³-hybridized carbons (Fsp3) is 0.800. The van der Waals surface area contributed by atoms with Crippen molar-refractivity contribution >= 4 is 0 Å². The van der Waals surface area contributed by atoms with Crippen LogP contribution in [-0.2, 0) is 0 Å². The Morgan fingerprint density at radius 1 is 1.33 bits per heavy atom. The molecule has 0 aliphatic rings. The second-order valence-corrected chi connectivity index (χ2v) is 1.67. The first-order valence-corrected chi connectivity index (χ1v) is 2.46. The van der Waals surface area contributed by atoms with Gasteiger partial charge in [0.1, 0.15) is 0 Å². The highest BCUT2D eigenvalue weighted by atomic mass is 19.3. The molecule has 0 N–H and O–H groups in total. The number of alkyl halides is 4. The SMILES string of the molecule is [CH2]CCC(F)(F)C(F)F. The molecule has 0 aromatic rings. The van der Waals surface area contributed by atoms with Crippen molar-refractivity contribution in [2.24, 2.45) is 0 Å². The first-order valence-electron chi connectivity index (χ1n) is 2.46. The quantitative estimate of drug-likeness (QED) is 0.532. The van der Waals surface area contributed by atoms with E-state index < -0.39 is 18.8 Å². The van der Waals surface area contributed by atoms with E-state index in [2.05, 4.69) is 6.92 Å². The predicted molar refractivity (Wildman–Crippen MR) is 25.5 cm³/mol. The Bertz CT molecular complexity index is 79.0. The maximum absolute atomic E-state index is 11.8. The molecule has 0 nitrogen and oxygen atoms in total. The molecule has 0 bridgehead atoms. The van der Waals surface area contributed by atoms with Crippen LogP contribution in [0.15, 0.2) is 0 Å². The normalized spacial score (nSPS) is 12.7. The van der Waals surface area contributed by atoms with Crippen LogP contribution in [0.1, 0.15) is 12.8 Å². The molecule has 0 atom stereocenters. The summed E-state index contributed by atoms with van der Waals surface area (Å²) < 4.78 is 46.0. The summed E-state index contributed by atoms with van der Waals surface area (Å²) in [5.41, 5.74) is 0. The average molecular weight is 143 g/mol. The highest BCUT2D eigenvalue weighted by Crippen LogP contribution is 2.27. The van der Waals surface area contributed by atoms with Gasteiger partial charge in [-0.1, -0.05) is 6.92 Å². The lowest BCUT2D eigenvalue weighted by Crippen LogP contribution is -2.25. The third kappa shape index (κ3) is 2.67. The number of halogens is 4. The van der Waals surface area contributed by atoms with E-state index in [1.165, 1.54) is 0 Å². The first kappa shape index (κ1) is 8.72. The van der Waals surface area contributed by atoms with Crippen LogP contribution in [0.25, 0.3) is 0 Å². The zero-order chi connectivity index (χ0) is 7.49. The van der Waals surface area contributed by atoms with Gasteiger partial charge < -0.3 is 0 Å². The minimum Gasteiger partial charge on any atom is -0.204 e. The molecule has 0 aliphatic carbocycles. The lowest BCUT2D eigenvalue weighted by Gasteiger charge is -2.12. The second-order valence-electron chi connectivity index (χ2n) is 1.67. The molecule has 0 saturated heterocycles. The topological polar surface area (TPSA) is 0 Å². The van der Waals surface area contributed by atoms with Crippen LogP contribution in [0.3, 0.4) is 0 Å². The molecular weight excluding hydrogens is 136 g/mol. The van der Waals surface area contributed by atoms with Gasteiger partial charge in [0.25, 0.3) is 0 Å². The molecule has 1 radical (unpaired) electrons. The first-order chi connectivity index (χ1) is 4.00. The molecule has 0 rings (SSSR count). The van der Waals surface area contributed by atoms with Gasteiger partial charge in [-0.25, -0.2) is 17.6 Å². The summed E-state index contributed by atoms with van der Waals surface area (Å²) in [5.74, 6) is -3.85. The van der Waals surface area contributed by atoms with Crippen molar-refractivity contribution in [3.63, 3.8) is 0 Å². The van der Waals surface area contributed by atoms with Crippen LogP contribution in [0.5, 0.6) is 0 Å². The summed E-state index contributed by atoms with van der Waals surface area (Å²) in [6, 6.07) is 0. The van der Waals surface area contributed by atoms with E-state index in [-0.39, 0.29) is 6.42 Å². The van der Waals surface area contributed by atoms with E-state index in [9.17, 15) is 17.6 Å². The number of hydrogen-bond acceptors (Lipinski definition) is 0. The molecule has 9 heavy (non-hydrogen) atoms. The molecule has 0 aromatic carbocycles. The van der Waals surface area contributed by atoms with Crippen LogP contribution >= 0.6 is 0 Å². The van der Waals surface area contributed by atoms with Crippen molar-refractivity contribution < 1.29 is 17.6 Å². The summed E-state index contributed by atoms with van der Waals surface area (Å²) in [7, 11) is 0. The molecule has 0 spiro atoms. The fourth-order valence-corrected chi connectivity index (χ4v) is 0.345. The van der Waals surface area contributed by atoms with Gasteiger partial charge >= 0.3 is 12.3 Å². The van der Waals surface area contributed by atoms with Gasteiger partial charge in [0.2, 0.25) is 0 Å². The molecule has 0 amide bonds. The zero-order valence-electron chi connectivity index (χ0n) is 4.71. The van der Waals surface area contributed by atoms with E-state index in [4.69, 9.17) is 0 Å². The van der Waals surface area contributed by atoms with Gasteiger partial charge in [0, 0.05) is 6.42 Å². The maximum Gasteiger partial charge on any atom is 0.307 e. The van der Waals surface area contributed by atoms with E-state index in [0.717, 1.165) is 0 Å². The van der Waals surface area contributed by atoms with Crippen LogP contribution < -0.4 is 0 Å². The molecule has 0 aromatic heterocycles. The van der Waals surface area contributed by atoms with Crippen molar-refractivity contribution in [2.45, 2.75) is 25.2 Å². The summed E-state index contributed by atoms with van der Waals surface area (Å²) in [6.45, 7) is 3.04. The third-order valence-electron chi connectivity index (χ3n) is 0.829. The zero-order valence-corrected chi connectivity index (χ0v) is 4.71. The Balaban J connectivity index is 3.70. The predicted octanol–water partition coefficient (Wildman–Crippen LogP) is 2.50. The molecule has 0 unspecified atom stereocenters. The number of hydrogen-bond donors (Lipinski definition) is 0. The van der Waals surface area contributed by atoms with Gasteiger partial charge in [0.05, 0.1) is 0 Å². The lowest BCUT2D eigenvalue weighted by atomic mass is 10.2. The average Bonchev–Trinajstić information content (AvgIpc) is 1.65. The van der Waals surface area contributed by atoms with Crippen LogP contribution in [0.2, 0.25) is 0 Å². The molecule has 4 heteroatoms. The molecule has 0 fully saturated rings. The minimum atomic E-state index is -3.85. The summed E-state index contributed by atoms with van der Waals surface area (Å²) >= 11 is 0. The molecular formula is C5H7F4. The van der Waals surface area contributed by atoms with Crippen molar-refractivity contribution in [3.8, 4) is 0 Å². The van der Waals surface area contributed by atoms with E-state index >= 15 is 0 Å². The summed E-state index contributed by atoms with van der Waals surface area (Å²) in [5, 5.41) is 0. The fourth-order valence-electron chi connectivity index (χ4n) is 0.345. The van der Waals surface area contributed by atoms with Gasteiger partial charge in [0.15, 0.2) is 0 Å². The van der Waals surface area contributed by atoms with Gasteiger partial charge in [-0.05, 0) is 6.42 Å². The highest BCUT2D eigenvalue weighted by Gasteiger charge is 2.39. The Morgan fingerprint density at radius 2 is 1.78 bits per heavy atom. The van der Waals surface area contributed by atoms with Gasteiger partial charge in [-0.3, -0.25) is 0 Å². The monoisotopic (exact) mass is 143 g/mol. The van der Waals surface area contributed by atoms with Crippen LogP contribution in [0, 0.1) is 6.92 Å². The Kier molecular flexibility index (Phi) is 2.94. The minimum absolute atomic E-state index is 0.169. The Hall–Kier alpha value is -0.280. The number of rotatable bonds is 3. The van der Waals surface area contributed by atoms with Gasteiger partial charge in [-0.15, -0.1) is 0 Å². The molecule has 55 valence electrons. The van der Waals surface area contributed by atoms with Crippen molar-refractivity contribution in [1.29, 1.82) is 0 Å². The Morgan fingerprint density at radius 3 is 1.89 bits per heavy atom. The standard InChI is InChI=1S/C5H7F4/c1-2-3-5(8,9)4(6)7/h4H,1-3H2. The van der Waals surface area contributed by atoms with Crippen molar-refractivity contribution in [3.05, 3.63) is 6.92 Å².